The van der Waals surface area contributed by atoms with Crippen LogP contribution in [0.2, 0.25) is 18.1 Å². The molecule has 0 radical (unpaired) electrons. The molecule has 0 spiro atoms. The van der Waals surface area contributed by atoms with Crippen LogP contribution in [0.1, 0.15) is 39.2 Å². The number of hydrogen-bond acceptors (Lipinski definition) is 1. The fraction of sp³-hybridized carbons (Fsp3) is 0.556. The third kappa shape index (κ3) is 5.26. The van der Waals surface area contributed by atoms with Gasteiger partial charge in [-0.2, -0.15) is 0 Å². The van der Waals surface area contributed by atoms with Crippen molar-refractivity contribution in [2.24, 2.45) is 0 Å². The third-order valence-electron chi connectivity index (χ3n) is 4.38. The summed E-state index contributed by atoms with van der Waals surface area (Å²) in [5.41, 5.74) is 1.40. The molecular weight excluding hydrogens is 260 g/mol. The largest absolute Gasteiger partial charge is 0.414 e. The van der Waals surface area contributed by atoms with Crippen molar-refractivity contribution >= 4 is 8.32 Å². The molecule has 1 aromatic carbocycles. The van der Waals surface area contributed by atoms with Gasteiger partial charge in [0.15, 0.2) is 8.32 Å². The minimum Gasteiger partial charge on any atom is -0.414 e. The van der Waals surface area contributed by atoms with Gasteiger partial charge in [-0.25, -0.2) is 0 Å². The van der Waals surface area contributed by atoms with Gasteiger partial charge in [0.2, 0.25) is 0 Å². The highest BCUT2D eigenvalue weighted by molar-refractivity contribution is 6.73. The average Bonchev–Trinajstić information content (AvgIpc) is 2.51. The van der Waals surface area contributed by atoms with Crippen molar-refractivity contribution in [2.75, 3.05) is 0 Å². The Balaban J connectivity index is 2.61. The Bertz CT molecular complexity index is 362. The molecule has 0 fully saturated rings. The standard InChI is InChI=1S/C18H30OSi/c1-5-12-18(19-20(6-2,7-3)8-4)16-15-17-13-10-9-11-14-17/h5,9-11,13-14,18H,1,6-8,12,15-16H2,2-4H3. The number of rotatable bonds is 10. The third-order valence-corrected chi connectivity index (χ3v) is 9.08. The van der Waals surface area contributed by atoms with Gasteiger partial charge in [-0.1, -0.05) is 57.2 Å². The Morgan fingerprint density at radius 1 is 1.10 bits per heavy atom. The van der Waals surface area contributed by atoms with Crippen LogP contribution in [0.15, 0.2) is 43.0 Å². The highest BCUT2D eigenvalue weighted by atomic mass is 28.4. The molecule has 0 heterocycles. The topological polar surface area (TPSA) is 9.23 Å². The Morgan fingerprint density at radius 2 is 1.70 bits per heavy atom. The molecular formula is C18H30OSi. The summed E-state index contributed by atoms with van der Waals surface area (Å²) in [6.07, 6.45) is 5.53. The minimum atomic E-state index is -1.50. The van der Waals surface area contributed by atoms with E-state index in [9.17, 15) is 0 Å². The molecule has 0 aromatic heterocycles. The lowest BCUT2D eigenvalue weighted by Crippen LogP contribution is -2.40. The van der Waals surface area contributed by atoms with Crippen LogP contribution >= 0.6 is 0 Å². The summed E-state index contributed by atoms with van der Waals surface area (Å²) < 4.78 is 6.62. The number of hydrogen-bond donors (Lipinski definition) is 0. The molecule has 2 heteroatoms. The van der Waals surface area contributed by atoms with Gasteiger partial charge >= 0.3 is 0 Å². The van der Waals surface area contributed by atoms with Gasteiger partial charge in [0.05, 0.1) is 0 Å². The molecule has 1 rings (SSSR count). The van der Waals surface area contributed by atoms with Crippen LogP contribution in [0, 0.1) is 0 Å². The molecule has 0 N–H and O–H groups in total. The van der Waals surface area contributed by atoms with E-state index in [0.717, 1.165) is 19.3 Å². The second kappa shape index (κ2) is 9.14. The van der Waals surface area contributed by atoms with E-state index in [1.807, 2.05) is 6.08 Å². The van der Waals surface area contributed by atoms with Crippen LogP contribution in [-0.4, -0.2) is 14.4 Å². The van der Waals surface area contributed by atoms with Crippen LogP contribution in [0.5, 0.6) is 0 Å². The second-order valence-electron chi connectivity index (χ2n) is 5.53. The molecule has 0 aliphatic carbocycles. The molecule has 0 amide bonds. The molecule has 0 bridgehead atoms. The van der Waals surface area contributed by atoms with Gasteiger partial charge in [0.1, 0.15) is 0 Å². The van der Waals surface area contributed by atoms with E-state index >= 15 is 0 Å². The second-order valence-corrected chi connectivity index (χ2v) is 10.3. The lowest BCUT2D eigenvalue weighted by atomic mass is 10.1. The van der Waals surface area contributed by atoms with E-state index in [2.05, 4.69) is 57.7 Å². The molecule has 0 aliphatic rings. The van der Waals surface area contributed by atoms with E-state index in [-0.39, 0.29) is 0 Å². The summed E-state index contributed by atoms with van der Waals surface area (Å²) >= 11 is 0. The Morgan fingerprint density at radius 3 is 2.20 bits per heavy atom. The summed E-state index contributed by atoms with van der Waals surface area (Å²) in [7, 11) is -1.50. The molecule has 1 aromatic rings. The van der Waals surface area contributed by atoms with E-state index in [1.165, 1.54) is 23.7 Å². The summed E-state index contributed by atoms with van der Waals surface area (Å²) in [5, 5.41) is 0. The number of benzene rings is 1. The molecule has 1 atom stereocenters. The Labute approximate surface area is 126 Å². The van der Waals surface area contributed by atoms with Crippen molar-refractivity contribution in [3.63, 3.8) is 0 Å². The Hall–Kier alpha value is -0.863. The van der Waals surface area contributed by atoms with Crippen molar-refractivity contribution in [1.29, 1.82) is 0 Å². The van der Waals surface area contributed by atoms with E-state index in [1.54, 1.807) is 0 Å². The Kier molecular flexibility index (Phi) is 7.86. The summed E-state index contributed by atoms with van der Waals surface area (Å²) in [6.45, 7) is 10.8. The predicted molar refractivity (Wildman–Crippen MR) is 91.6 cm³/mol. The fourth-order valence-electron chi connectivity index (χ4n) is 2.74. The van der Waals surface area contributed by atoms with Crippen LogP contribution in [0.4, 0.5) is 0 Å². The van der Waals surface area contributed by atoms with Crippen molar-refractivity contribution in [1.82, 2.24) is 0 Å². The molecule has 20 heavy (non-hydrogen) atoms. The molecule has 0 aliphatic heterocycles. The van der Waals surface area contributed by atoms with Crippen LogP contribution in [0.3, 0.4) is 0 Å². The van der Waals surface area contributed by atoms with Crippen molar-refractivity contribution in [3.8, 4) is 0 Å². The normalized spacial score (nSPS) is 13.2. The molecule has 112 valence electrons. The summed E-state index contributed by atoms with van der Waals surface area (Å²) in [4.78, 5) is 0. The highest BCUT2D eigenvalue weighted by Gasteiger charge is 2.31. The quantitative estimate of drug-likeness (QED) is 0.403. The van der Waals surface area contributed by atoms with E-state index in [4.69, 9.17) is 4.43 Å². The monoisotopic (exact) mass is 290 g/mol. The first-order valence-electron chi connectivity index (χ1n) is 8.02. The summed E-state index contributed by atoms with van der Waals surface area (Å²) in [5.74, 6) is 0. The van der Waals surface area contributed by atoms with Gasteiger partial charge in [-0.15, -0.1) is 6.58 Å². The predicted octanol–water partition coefficient (Wildman–Crippen LogP) is 5.59. The first kappa shape index (κ1) is 17.2. The first-order valence-corrected chi connectivity index (χ1v) is 10.5. The SMILES string of the molecule is C=CCC(CCc1ccccc1)O[Si](CC)(CC)CC. The minimum absolute atomic E-state index is 0.347. The van der Waals surface area contributed by atoms with Gasteiger partial charge in [-0.3, -0.25) is 0 Å². The van der Waals surface area contributed by atoms with Gasteiger partial charge in [-0.05, 0) is 43.0 Å². The van der Waals surface area contributed by atoms with Crippen molar-refractivity contribution in [3.05, 3.63) is 48.6 Å². The maximum Gasteiger partial charge on any atom is 0.192 e. The molecule has 0 saturated heterocycles. The van der Waals surface area contributed by atoms with Gasteiger partial charge in [0, 0.05) is 6.10 Å². The molecule has 0 saturated carbocycles. The fourth-order valence-corrected chi connectivity index (χ4v) is 5.66. The average molecular weight is 291 g/mol. The maximum absolute atomic E-state index is 6.62. The zero-order valence-corrected chi connectivity index (χ0v) is 14.4. The van der Waals surface area contributed by atoms with Crippen LogP contribution in [-0.2, 0) is 10.8 Å². The van der Waals surface area contributed by atoms with E-state index in [0.29, 0.717) is 6.10 Å². The molecule has 1 nitrogen and oxygen atoms in total. The zero-order valence-electron chi connectivity index (χ0n) is 13.4. The summed E-state index contributed by atoms with van der Waals surface area (Å²) in [6, 6.07) is 14.4. The lowest BCUT2D eigenvalue weighted by Gasteiger charge is -2.33. The van der Waals surface area contributed by atoms with Crippen LogP contribution in [0.25, 0.3) is 0 Å². The van der Waals surface area contributed by atoms with E-state index < -0.39 is 8.32 Å². The first-order chi connectivity index (χ1) is 9.69. The van der Waals surface area contributed by atoms with Crippen LogP contribution < -0.4 is 0 Å². The number of aryl methyl sites for hydroxylation is 1. The highest BCUT2D eigenvalue weighted by Crippen LogP contribution is 2.26. The smallest absolute Gasteiger partial charge is 0.192 e. The molecule has 1 unspecified atom stereocenters. The lowest BCUT2D eigenvalue weighted by molar-refractivity contribution is 0.179. The maximum atomic E-state index is 6.62. The zero-order chi connectivity index (χ0) is 14.8. The van der Waals surface area contributed by atoms with Gasteiger partial charge < -0.3 is 4.43 Å². The van der Waals surface area contributed by atoms with Gasteiger partial charge in [0.25, 0.3) is 0 Å². The van der Waals surface area contributed by atoms with Crippen molar-refractivity contribution in [2.45, 2.75) is 64.3 Å². The van der Waals surface area contributed by atoms with Crippen molar-refractivity contribution < 1.29 is 4.43 Å².